The lowest BCUT2D eigenvalue weighted by atomic mass is 10.0. The highest BCUT2D eigenvalue weighted by atomic mass is 32.2. The maximum atomic E-state index is 12.2. The van der Waals surface area contributed by atoms with Crippen LogP contribution in [0.4, 0.5) is 0 Å². The van der Waals surface area contributed by atoms with Crippen molar-refractivity contribution < 1.29 is 9.53 Å². The molecule has 3 nitrogen and oxygen atoms in total. The Labute approximate surface area is 119 Å². The minimum Gasteiger partial charge on any atom is -0.376 e. The number of benzene rings is 1. The lowest BCUT2D eigenvalue weighted by molar-refractivity contribution is 0.0137. The van der Waals surface area contributed by atoms with Crippen molar-refractivity contribution in [2.45, 2.75) is 25.9 Å². The second kappa shape index (κ2) is 5.97. The number of methoxy groups -OCH3 is 1. The number of hydrogen-bond donors (Lipinski definition) is 1. The Balaban J connectivity index is 2.01. The lowest BCUT2D eigenvalue weighted by Crippen LogP contribution is -2.44. The van der Waals surface area contributed by atoms with Crippen LogP contribution in [0.2, 0.25) is 0 Å². The monoisotopic (exact) mass is 279 g/mol. The number of carbonyl (C=O) groups excluding carboxylic acids is 1. The number of hydrogen-bond acceptors (Lipinski definition) is 3. The van der Waals surface area contributed by atoms with Crippen molar-refractivity contribution in [1.29, 1.82) is 0 Å². The van der Waals surface area contributed by atoms with Crippen molar-refractivity contribution in [3.63, 3.8) is 0 Å². The molecule has 19 heavy (non-hydrogen) atoms. The molecule has 104 valence electrons. The molecule has 4 heteroatoms. The van der Waals surface area contributed by atoms with Gasteiger partial charge in [-0.2, -0.15) is 11.8 Å². The molecule has 0 aliphatic carbocycles. The summed E-state index contributed by atoms with van der Waals surface area (Å²) < 4.78 is 5.60. The van der Waals surface area contributed by atoms with E-state index < -0.39 is 0 Å². The van der Waals surface area contributed by atoms with E-state index in [4.69, 9.17) is 4.74 Å². The van der Waals surface area contributed by atoms with Gasteiger partial charge in [0.15, 0.2) is 0 Å². The highest BCUT2D eigenvalue weighted by Crippen LogP contribution is 2.30. The van der Waals surface area contributed by atoms with Gasteiger partial charge in [-0.3, -0.25) is 4.79 Å². The van der Waals surface area contributed by atoms with Gasteiger partial charge in [-0.1, -0.05) is 17.2 Å². The van der Waals surface area contributed by atoms with Gasteiger partial charge in [0.1, 0.15) is 0 Å². The fourth-order valence-electron chi connectivity index (χ4n) is 2.41. The normalized spacial score (nSPS) is 22.5. The summed E-state index contributed by atoms with van der Waals surface area (Å²) in [7, 11) is 1.73. The smallest absolute Gasteiger partial charge is 0.251 e. The molecule has 1 aliphatic heterocycles. The van der Waals surface area contributed by atoms with Crippen molar-refractivity contribution in [2.24, 2.45) is 0 Å². The summed E-state index contributed by atoms with van der Waals surface area (Å²) in [5.41, 5.74) is 2.78. The van der Waals surface area contributed by atoms with Crippen LogP contribution in [-0.4, -0.2) is 36.7 Å². The first-order chi connectivity index (χ1) is 9.04. The van der Waals surface area contributed by atoms with Gasteiger partial charge in [0.2, 0.25) is 0 Å². The van der Waals surface area contributed by atoms with E-state index in [9.17, 15) is 4.79 Å². The van der Waals surface area contributed by atoms with E-state index in [1.54, 1.807) is 7.11 Å². The van der Waals surface area contributed by atoms with Crippen molar-refractivity contribution in [2.75, 3.05) is 25.2 Å². The molecule has 1 amide bonds. The molecule has 0 aromatic heterocycles. The van der Waals surface area contributed by atoms with Crippen molar-refractivity contribution in [1.82, 2.24) is 5.32 Å². The van der Waals surface area contributed by atoms with E-state index in [0.29, 0.717) is 6.54 Å². The quantitative estimate of drug-likeness (QED) is 0.920. The maximum Gasteiger partial charge on any atom is 0.251 e. The number of aryl methyl sites for hydroxylation is 2. The van der Waals surface area contributed by atoms with Gasteiger partial charge in [-0.25, -0.2) is 0 Å². The summed E-state index contributed by atoms with van der Waals surface area (Å²) in [5, 5.41) is 3.01. The van der Waals surface area contributed by atoms with E-state index in [0.717, 1.165) is 34.6 Å². The molecule has 1 aromatic carbocycles. The van der Waals surface area contributed by atoms with Crippen LogP contribution < -0.4 is 5.32 Å². The average molecular weight is 279 g/mol. The van der Waals surface area contributed by atoms with Crippen LogP contribution in [0, 0.1) is 13.8 Å². The molecule has 0 bridgehead atoms. The molecule has 1 unspecified atom stereocenters. The molecule has 1 aromatic rings. The molecule has 1 fully saturated rings. The van der Waals surface area contributed by atoms with Gasteiger partial charge in [0.05, 0.1) is 5.60 Å². The van der Waals surface area contributed by atoms with Crippen molar-refractivity contribution in [3.8, 4) is 0 Å². The van der Waals surface area contributed by atoms with E-state index in [-0.39, 0.29) is 11.5 Å². The topological polar surface area (TPSA) is 38.3 Å². The summed E-state index contributed by atoms with van der Waals surface area (Å²) in [6.07, 6.45) is 1.00. The largest absolute Gasteiger partial charge is 0.376 e. The third kappa shape index (κ3) is 3.51. The van der Waals surface area contributed by atoms with Crippen molar-refractivity contribution >= 4 is 17.7 Å². The van der Waals surface area contributed by atoms with Gasteiger partial charge in [-0.15, -0.1) is 0 Å². The molecule has 0 spiro atoms. The highest BCUT2D eigenvalue weighted by Gasteiger charge is 2.34. The number of rotatable bonds is 4. The van der Waals surface area contributed by atoms with Crippen LogP contribution in [0.3, 0.4) is 0 Å². The fourth-order valence-corrected chi connectivity index (χ4v) is 3.81. The third-order valence-electron chi connectivity index (χ3n) is 3.56. The molecule has 2 rings (SSSR count). The van der Waals surface area contributed by atoms with Gasteiger partial charge in [-0.05, 0) is 38.2 Å². The number of amides is 1. The van der Waals surface area contributed by atoms with Gasteiger partial charge in [0.25, 0.3) is 5.91 Å². The van der Waals surface area contributed by atoms with Crippen LogP contribution in [0.25, 0.3) is 0 Å². The van der Waals surface area contributed by atoms with E-state index >= 15 is 0 Å². The van der Waals surface area contributed by atoms with E-state index in [1.165, 1.54) is 0 Å². The first kappa shape index (κ1) is 14.4. The minimum atomic E-state index is -0.181. The highest BCUT2D eigenvalue weighted by molar-refractivity contribution is 7.99. The minimum absolute atomic E-state index is 0.0138. The van der Waals surface area contributed by atoms with Crippen LogP contribution >= 0.6 is 11.8 Å². The zero-order valence-electron chi connectivity index (χ0n) is 11.8. The zero-order valence-corrected chi connectivity index (χ0v) is 12.6. The maximum absolute atomic E-state index is 12.2. The Morgan fingerprint density at radius 3 is 2.58 bits per heavy atom. The van der Waals surface area contributed by atoms with Crippen LogP contribution in [0.5, 0.6) is 0 Å². The Kier molecular flexibility index (Phi) is 4.53. The van der Waals surface area contributed by atoms with Gasteiger partial charge in [0, 0.05) is 25.0 Å². The summed E-state index contributed by atoms with van der Waals surface area (Å²) in [6, 6.07) is 5.91. The summed E-state index contributed by atoms with van der Waals surface area (Å²) >= 11 is 1.88. The number of nitrogens with one attached hydrogen (secondary N) is 1. The molecule has 1 atom stereocenters. The summed E-state index contributed by atoms with van der Waals surface area (Å²) in [5.74, 6) is 2.05. The van der Waals surface area contributed by atoms with E-state index in [1.807, 2.05) is 37.7 Å². The Morgan fingerprint density at radius 2 is 2.05 bits per heavy atom. The summed E-state index contributed by atoms with van der Waals surface area (Å²) in [6.45, 7) is 4.60. The molecule has 0 radical (unpaired) electrons. The second-order valence-electron chi connectivity index (χ2n) is 5.25. The average Bonchev–Trinajstić information content (AvgIpc) is 2.84. The lowest BCUT2D eigenvalue weighted by Gasteiger charge is -2.26. The van der Waals surface area contributed by atoms with Gasteiger partial charge < -0.3 is 10.1 Å². The van der Waals surface area contributed by atoms with Crippen LogP contribution in [-0.2, 0) is 4.74 Å². The van der Waals surface area contributed by atoms with Crippen LogP contribution in [0.15, 0.2) is 18.2 Å². The third-order valence-corrected chi connectivity index (χ3v) is 4.78. The molecular weight excluding hydrogens is 258 g/mol. The van der Waals surface area contributed by atoms with Crippen molar-refractivity contribution in [3.05, 3.63) is 34.9 Å². The second-order valence-corrected chi connectivity index (χ2v) is 6.35. The molecule has 1 N–H and O–H groups in total. The number of carbonyl (C=O) groups is 1. The van der Waals surface area contributed by atoms with Gasteiger partial charge >= 0.3 is 0 Å². The molecule has 1 aliphatic rings. The Morgan fingerprint density at radius 1 is 1.37 bits per heavy atom. The molecule has 0 saturated carbocycles. The fraction of sp³-hybridized carbons (Fsp3) is 0.533. The number of thioether (sulfide) groups is 1. The molecule has 1 heterocycles. The number of ether oxygens (including phenoxy) is 1. The van der Waals surface area contributed by atoms with E-state index in [2.05, 4.69) is 11.4 Å². The standard InChI is InChI=1S/C15H21NO2S/c1-11-6-12(2)8-13(7-11)14(17)16-9-15(18-3)4-5-19-10-15/h6-8H,4-5,9-10H2,1-3H3,(H,16,17). The summed E-state index contributed by atoms with van der Waals surface area (Å²) in [4.78, 5) is 12.2. The molecular formula is C15H21NO2S. The molecule has 1 saturated heterocycles. The Hall–Kier alpha value is -1.00. The SMILES string of the molecule is COC1(CNC(=O)c2cc(C)cc(C)c2)CCSC1. The first-order valence-electron chi connectivity index (χ1n) is 6.54. The van der Waals surface area contributed by atoms with Crippen LogP contribution in [0.1, 0.15) is 27.9 Å². The first-order valence-corrected chi connectivity index (χ1v) is 7.69. The Bertz CT molecular complexity index is 447. The zero-order chi connectivity index (χ0) is 13.9. The predicted molar refractivity (Wildman–Crippen MR) is 79.9 cm³/mol. The predicted octanol–water partition coefficient (Wildman–Crippen LogP) is 2.56.